The van der Waals surface area contributed by atoms with Crippen LogP contribution in [0.4, 0.5) is 5.69 Å². The fourth-order valence-corrected chi connectivity index (χ4v) is 8.63. The zero-order valence-electron chi connectivity index (χ0n) is 27.3. The number of aromatic nitrogens is 2. The Bertz CT molecular complexity index is 1350. The van der Waals surface area contributed by atoms with Gasteiger partial charge in [0.05, 0.1) is 0 Å². The number of aryl methyl sites for hydroxylation is 1. The number of nitrogens with zero attached hydrogens (tertiary/aromatic N) is 4. The molecule has 0 N–H and O–H groups in total. The Morgan fingerprint density at radius 3 is 2.41 bits per heavy atom. The quantitative estimate of drug-likeness (QED) is 0.219. The first-order valence-corrected chi connectivity index (χ1v) is 17.2. The second-order valence-electron chi connectivity index (χ2n) is 14.1. The number of ether oxygens (including phenoxy) is 1. The highest BCUT2D eigenvalue weighted by atomic mass is 16.5. The normalized spacial score (nSPS) is 23.1. The maximum atomic E-state index is 12.7. The molecular formula is C38H52N4O2. The third-order valence-corrected chi connectivity index (χ3v) is 10.9. The zero-order valence-corrected chi connectivity index (χ0v) is 27.3. The summed E-state index contributed by atoms with van der Waals surface area (Å²) in [4.78, 5) is 22.7. The Labute approximate surface area is 264 Å². The molecule has 2 aromatic carbocycles. The van der Waals surface area contributed by atoms with Gasteiger partial charge in [0.15, 0.2) is 0 Å². The van der Waals surface area contributed by atoms with Gasteiger partial charge in [0.2, 0.25) is 0 Å². The summed E-state index contributed by atoms with van der Waals surface area (Å²) in [5, 5.41) is 0. The van der Waals surface area contributed by atoms with Crippen LogP contribution in [0.5, 0.6) is 0 Å². The Kier molecular flexibility index (Phi) is 9.46. The molecule has 0 bridgehead atoms. The summed E-state index contributed by atoms with van der Waals surface area (Å²) >= 11 is 0. The third-order valence-electron chi connectivity index (χ3n) is 10.9. The minimum Gasteiger partial charge on any atom is -0.462 e. The summed E-state index contributed by atoms with van der Waals surface area (Å²) in [6.45, 7) is 15.2. The molecule has 0 unspecified atom stereocenters. The van der Waals surface area contributed by atoms with Crippen LogP contribution in [0.2, 0.25) is 0 Å². The highest BCUT2D eigenvalue weighted by Gasteiger charge is 2.53. The van der Waals surface area contributed by atoms with Crippen LogP contribution in [-0.4, -0.2) is 59.2 Å². The summed E-state index contributed by atoms with van der Waals surface area (Å²) < 4.78 is 8.68. The number of rotatable bonds is 11. The van der Waals surface area contributed by atoms with Crippen molar-refractivity contribution in [2.45, 2.75) is 90.2 Å². The van der Waals surface area contributed by atoms with E-state index in [0.717, 1.165) is 63.7 Å². The lowest BCUT2D eigenvalue weighted by molar-refractivity contribution is -0.152. The van der Waals surface area contributed by atoms with Gasteiger partial charge in [-0.2, -0.15) is 0 Å². The van der Waals surface area contributed by atoms with E-state index in [1.54, 1.807) is 0 Å². The summed E-state index contributed by atoms with van der Waals surface area (Å²) in [6.07, 6.45) is 10.1. The molecule has 2 saturated heterocycles. The Balaban J connectivity index is 1.24. The SMILES string of the molecule is CCC(=O)O[C@H]1CCC[C@@H]1[C@](Cn1ccnc1C(C)C)(c1ccccc1)C1CCN(CC2CN(c3ccc(C)cc3)C2)CC1. The van der Waals surface area contributed by atoms with E-state index in [1.165, 1.54) is 36.2 Å². The van der Waals surface area contributed by atoms with E-state index in [4.69, 9.17) is 9.72 Å². The summed E-state index contributed by atoms with van der Waals surface area (Å²) in [5.74, 6) is 2.95. The average Bonchev–Trinajstić information content (AvgIpc) is 3.69. The lowest BCUT2D eigenvalue weighted by Crippen LogP contribution is -2.55. The van der Waals surface area contributed by atoms with Gasteiger partial charge in [0.1, 0.15) is 11.9 Å². The van der Waals surface area contributed by atoms with E-state index in [-0.39, 0.29) is 23.4 Å². The van der Waals surface area contributed by atoms with Crippen molar-refractivity contribution in [1.29, 1.82) is 0 Å². The number of imidazole rings is 1. The molecule has 3 atom stereocenters. The number of likely N-dealkylation sites (tertiary alicyclic amines) is 1. The number of esters is 1. The molecule has 1 saturated carbocycles. The smallest absolute Gasteiger partial charge is 0.305 e. The van der Waals surface area contributed by atoms with E-state index in [0.29, 0.717) is 18.3 Å². The van der Waals surface area contributed by atoms with E-state index in [9.17, 15) is 4.79 Å². The molecule has 6 nitrogen and oxygen atoms in total. The lowest BCUT2D eigenvalue weighted by atomic mass is 9.58. The molecule has 6 rings (SSSR count). The van der Waals surface area contributed by atoms with Crippen LogP contribution in [0, 0.1) is 24.7 Å². The van der Waals surface area contributed by atoms with E-state index < -0.39 is 0 Å². The number of carbonyl (C=O) groups is 1. The first-order chi connectivity index (χ1) is 21.4. The predicted molar refractivity (Wildman–Crippen MR) is 178 cm³/mol. The van der Waals surface area contributed by atoms with Gasteiger partial charge >= 0.3 is 5.97 Å². The van der Waals surface area contributed by atoms with Crippen molar-refractivity contribution in [3.63, 3.8) is 0 Å². The minimum atomic E-state index is -0.133. The van der Waals surface area contributed by atoms with Crippen LogP contribution in [0.1, 0.15) is 82.2 Å². The highest BCUT2D eigenvalue weighted by Crippen LogP contribution is 2.52. The molecule has 0 radical (unpaired) electrons. The zero-order chi connectivity index (χ0) is 30.7. The maximum Gasteiger partial charge on any atom is 0.305 e. The van der Waals surface area contributed by atoms with Gasteiger partial charge in [-0.15, -0.1) is 0 Å². The van der Waals surface area contributed by atoms with Crippen molar-refractivity contribution in [2.24, 2.45) is 17.8 Å². The number of piperidine rings is 1. The van der Waals surface area contributed by atoms with Crippen molar-refractivity contribution in [2.75, 3.05) is 37.6 Å². The van der Waals surface area contributed by atoms with Crippen molar-refractivity contribution >= 4 is 11.7 Å². The van der Waals surface area contributed by atoms with Gasteiger partial charge < -0.3 is 19.1 Å². The molecule has 3 aliphatic rings. The second-order valence-corrected chi connectivity index (χ2v) is 14.1. The van der Waals surface area contributed by atoms with E-state index in [1.807, 2.05) is 13.1 Å². The number of benzene rings is 2. The van der Waals surface area contributed by atoms with Crippen molar-refractivity contribution < 1.29 is 9.53 Å². The fraction of sp³-hybridized carbons (Fsp3) is 0.579. The van der Waals surface area contributed by atoms with Crippen molar-refractivity contribution in [3.8, 4) is 0 Å². The number of anilines is 1. The van der Waals surface area contributed by atoms with Crippen LogP contribution < -0.4 is 4.90 Å². The largest absolute Gasteiger partial charge is 0.462 e. The van der Waals surface area contributed by atoms with Crippen LogP contribution in [-0.2, 0) is 21.5 Å². The third kappa shape index (κ3) is 6.33. The predicted octanol–water partition coefficient (Wildman–Crippen LogP) is 7.22. The van der Waals surface area contributed by atoms with Gasteiger partial charge in [-0.05, 0) is 75.7 Å². The second kappa shape index (κ2) is 13.5. The van der Waals surface area contributed by atoms with Gasteiger partial charge in [0, 0.05) is 73.8 Å². The molecular weight excluding hydrogens is 544 g/mol. The first kappa shape index (κ1) is 30.9. The highest BCUT2D eigenvalue weighted by molar-refractivity contribution is 5.69. The van der Waals surface area contributed by atoms with Crippen LogP contribution in [0.25, 0.3) is 0 Å². The topological polar surface area (TPSA) is 50.6 Å². The molecule has 1 aliphatic carbocycles. The molecule has 0 spiro atoms. The van der Waals surface area contributed by atoms with Crippen LogP contribution in [0.3, 0.4) is 0 Å². The van der Waals surface area contributed by atoms with Crippen molar-refractivity contribution in [3.05, 3.63) is 83.9 Å². The van der Waals surface area contributed by atoms with Gasteiger partial charge in [0.25, 0.3) is 0 Å². The fourth-order valence-electron chi connectivity index (χ4n) is 8.63. The maximum absolute atomic E-state index is 12.7. The molecule has 2 aliphatic heterocycles. The molecule has 1 aromatic heterocycles. The molecule has 3 aromatic rings. The lowest BCUT2D eigenvalue weighted by Gasteiger charge is -2.51. The summed E-state index contributed by atoms with van der Waals surface area (Å²) in [5.41, 5.74) is 3.94. The monoisotopic (exact) mass is 596 g/mol. The number of carbonyl (C=O) groups excluding carboxylic acids is 1. The Hall–Kier alpha value is -3.12. The van der Waals surface area contributed by atoms with E-state index >= 15 is 0 Å². The number of hydrogen-bond acceptors (Lipinski definition) is 5. The summed E-state index contributed by atoms with van der Waals surface area (Å²) in [7, 11) is 0. The molecule has 44 heavy (non-hydrogen) atoms. The molecule has 0 amide bonds. The van der Waals surface area contributed by atoms with Gasteiger partial charge in [-0.3, -0.25) is 4.79 Å². The molecule has 3 heterocycles. The van der Waals surface area contributed by atoms with E-state index in [2.05, 4.69) is 95.9 Å². The van der Waals surface area contributed by atoms with Gasteiger partial charge in [-0.1, -0.05) is 68.8 Å². The first-order valence-electron chi connectivity index (χ1n) is 17.2. The standard InChI is InChI=1S/C38H52N4O2/c1-5-36(43)44-35-13-9-12-34(35)38(31-10-7-6-8-11-31,27-41-23-20-39-37(41)28(2)3)32-18-21-40(22-19-32)24-30-25-42(26-30)33-16-14-29(4)15-17-33/h6-8,10-11,14-17,20,23,28,30,32,34-35H,5,9,12-13,18-19,21-22,24-27H2,1-4H3/t34-,35-,38+/m0/s1. The van der Waals surface area contributed by atoms with Crippen LogP contribution in [0.15, 0.2) is 67.0 Å². The Morgan fingerprint density at radius 2 is 1.73 bits per heavy atom. The minimum absolute atomic E-state index is 0.0329. The van der Waals surface area contributed by atoms with Crippen molar-refractivity contribution in [1.82, 2.24) is 14.5 Å². The molecule has 3 fully saturated rings. The van der Waals surface area contributed by atoms with Crippen LogP contribution >= 0.6 is 0 Å². The Morgan fingerprint density at radius 1 is 1.00 bits per heavy atom. The molecule has 6 heteroatoms. The number of hydrogen-bond donors (Lipinski definition) is 0. The van der Waals surface area contributed by atoms with Gasteiger partial charge in [-0.25, -0.2) is 4.98 Å². The summed E-state index contributed by atoms with van der Waals surface area (Å²) in [6, 6.07) is 20.2. The molecule has 236 valence electrons. The average molecular weight is 597 g/mol.